The molecule has 102 valence electrons. The van der Waals surface area contributed by atoms with Crippen LogP contribution in [0.5, 0.6) is 0 Å². The van der Waals surface area contributed by atoms with Crippen molar-refractivity contribution in [2.75, 3.05) is 6.61 Å². The number of nitrogens with zero attached hydrogens (tertiary/aromatic N) is 1. The Morgan fingerprint density at radius 3 is 2.79 bits per heavy atom. The van der Waals surface area contributed by atoms with Gasteiger partial charge in [0.25, 0.3) is 0 Å². The van der Waals surface area contributed by atoms with Crippen LogP contribution < -0.4 is 5.73 Å². The van der Waals surface area contributed by atoms with Crippen molar-refractivity contribution < 1.29 is 9.15 Å². The molecule has 0 fully saturated rings. The summed E-state index contributed by atoms with van der Waals surface area (Å²) >= 11 is 0. The van der Waals surface area contributed by atoms with Crippen molar-refractivity contribution in [3.8, 4) is 0 Å². The number of aromatic nitrogens is 1. The van der Waals surface area contributed by atoms with Crippen LogP contribution in [0.4, 0.5) is 0 Å². The second-order valence-corrected chi connectivity index (χ2v) is 4.51. The maximum atomic E-state index is 5.60. The number of pyridine rings is 1. The van der Waals surface area contributed by atoms with E-state index in [1.54, 1.807) is 0 Å². The Hall–Kier alpha value is -1.65. The molecule has 2 aromatic rings. The topological polar surface area (TPSA) is 61.3 Å². The summed E-state index contributed by atoms with van der Waals surface area (Å²) in [5.41, 5.74) is 7.94. The van der Waals surface area contributed by atoms with Crippen LogP contribution in [0, 0.1) is 6.92 Å². The van der Waals surface area contributed by atoms with E-state index in [9.17, 15) is 0 Å². The molecule has 2 rings (SSSR count). The Morgan fingerprint density at radius 1 is 1.32 bits per heavy atom. The van der Waals surface area contributed by atoms with Gasteiger partial charge in [0.1, 0.15) is 18.1 Å². The summed E-state index contributed by atoms with van der Waals surface area (Å²) in [6.45, 7) is 3.67. The third kappa shape index (κ3) is 4.19. The second-order valence-electron chi connectivity index (χ2n) is 4.51. The number of ether oxygens (including phenoxy) is 1. The standard InChI is InChI=1S/C15H20N2O2/c1-12-14(10-16)9-15(19-12)11-18-8-2-3-13-4-6-17-7-5-13/h4-7,9H,2-3,8,10-11,16H2,1H3. The van der Waals surface area contributed by atoms with Crippen molar-refractivity contribution in [2.45, 2.75) is 32.9 Å². The van der Waals surface area contributed by atoms with Crippen molar-refractivity contribution in [3.05, 3.63) is 53.2 Å². The van der Waals surface area contributed by atoms with Crippen molar-refractivity contribution in [3.63, 3.8) is 0 Å². The molecule has 4 heteroatoms. The highest BCUT2D eigenvalue weighted by atomic mass is 16.5. The van der Waals surface area contributed by atoms with E-state index < -0.39 is 0 Å². The quantitative estimate of drug-likeness (QED) is 0.777. The molecule has 0 aliphatic rings. The van der Waals surface area contributed by atoms with Crippen LogP contribution in [0.3, 0.4) is 0 Å². The second kappa shape index (κ2) is 7.07. The van der Waals surface area contributed by atoms with Gasteiger partial charge in [0.05, 0.1) is 0 Å². The van der Waals surface area contributed by atoms with Crippen LogP contribution in [0.15, 0.2) is 35.0 Å². The first-order valence-corrected chi connectivity index (χ1v) is 6.54. The fraction of sp³-hybridized carbons (Fsp3) is 0.400. The molecule has 0 radical (unpaired) electrons. The lowest BCUT2D eigenvalue weighted by atomic mass is 10.1. The zero-order chi connectivity index (χ0) is 13.5. The summed E-state index contributed by atoms with van der Waals surface area (Å²) in [7, 11) is 0. The summed E-state index contributed by atoms with van der Waals surface area (Å²) in [5, 5.41) is 0. The highest BCUT2D eigenvalue weighted by molar-refractivity contribution is 5.19. The van der Waals surface area contributed by atoms with Crippen molar-refractivity contribution >= 4 is 0 Å². The molecule has 0 saturated heterocycles. The number of hydrogen-bond acceptors (Lipinski definition) is 4. The third-order valence-electron chi connectivity index (χ3n) is 3.04. The molecule has 0 atom stereocenters. The monoisotopic (exact) mass is 260 g/mol. The Kier molecular flexibility index (Phi) is 5.12. The van der Waals surface area contributed by atoms with E-state index in [4.69, 9.17) is 14.9 Å². The molecule has 0 unspecified atom stereocenters. The molecule has 0 amide bonds. The van der Waals surface area contributed by atoms with Crippen LogP contribution in [0.2, 0.25) is 0 Å². The van der Waals surface area contributed by atoms with Crippen LogP contribution in [-0.2, 0) is 24.3 Å². The van der Waals surface area contributed by atoms with Gasteiger partial charge in [-0.25, -0.2) is 0 Å². The molecule has 0 spiro atoms. The van der Waals surface area contributed by atoms with Gasteiger partial charge < -0.3 is 14.9 Å². The molecular formula is C15H20N2O2. The summed E-state index contributed by atoms with van der Waals surface area (Å²) in [4.78, 5) is 3.99. The molecule has 2 aromatic heterocycles. The average molecular weight is 260 g/mol. The molecule has 0 aromatic carbocycles. The van der Waals surface area contributed by atoms with Gasteiger partial charge in [-0.05, 0) is 43.5 Å². The maximum Gasteiger partial charge on any atom is 0.130 e. The summed E-state index contributed by atoms with van der Waals surface area (Å²) in [5.74, 6) is 1.74. The highest BCUT2D eigenvalue weighted by Crippen LogP contribution is 2.14. The number of hydrogen-bond donors (Lipinski definition) is 1. The van der Waals surface area contributed by atoms with E-state index in [1.807, 2.05) is 37.5 Å². The summed E-state index contributed by atoms with van der Waals surface area (Å²) in [6, 6.07) is 6.03. The first-order valence-electron chi connectivity index (χ1n) is 6.54. The molecule has 4 nitrogen and oxygen atoms in total. The van der Waals surface area contributed by atoms with Gasteiger partial charge in [0.2, 0.25) is 0 Å². The van der Waals surface area contributed by atoms with Gasteiger partial charge in [0.15, 0.2) is 0 Å². The van der Waals surface area contributed by atoms with Gasteiger partial charge in [-0.15, -0.1) is 0 Å². The van der Waals surface area contributed by atoms with E-state index in [2.05, 4.69) is 4.98 Å². The minimum absolute atomic E-state index is 0.511. The average Bonchev–Trinajstić information content (AvgIpc) is 2.80. The first-order chi connectivity index (χ1) is 9.29. The van der Waals surface area contributed by atoms with Crippen LogP contribution in [-0.4, -0.2) is 11.6 Å². The van der Waals surface area contributed by atoms with Gasteiger partial charge in [-0.2, -0.15) is 0 Å². The lowest BCUT2D eigenvalue weighted by molar-refractivity contribution is 0.103. The van der Waals surface area contributed by atoms with Crippen molar-refractivity contribution in [1.82, 2.24) is 4.98 Å². The minimum Gasteiger partial charge on any atom is -0.464 e. The van der Waals surface area contributed by atoms with Gasteiger partial charge in [-0.3, -0.25) is 4.98 Å². The van der Waals surface area contributed by atoms with E-state index in [0.717, 1.165) is 36.5 Å². The summed E-state index contributed by atoms with van der Waals surface area (Å²) in [6.07, 6.45) is 5.63. The molecule has 0 aliphatic heterocycles. The largest absolute Gasteiger partial charge is 0.464 e. The Labute approximate surface area is 113 Å². The molecule has 2 heterocycles. The van der Waals surface area contributed by atoms with E-state index in [1.165, 1.54) is 5.56 Å². The van der Waals surface area contributed by atoms with Crippen LogP contribution in [0.1, 0.15) is 29.1 Å². The van der Waals surface area contributed by atoms with Gasteiger partial charge in [0, 0.05) is 31.1 Å². The molecule has 0 bridgehead atoms. The van der Waals surface area contributed by atoms with Gasteiger partial charge in [-0.1, -0.05) is 0 Å². The fourth-order valence-electron chi connectivity index (χ4n) is 1.96. The number of aryl methyl sites for hydroxylation is 2. The Bertz CT molecular complexity index is 494. The Morgan fingerprint density at radius 2 is 2.11 bits per heavy atom. The fourth-order valence-corrected chi connectivity index (χ4v) is 1.96. The van der Waals surface area contributed by atoms with Crippen LogP contribution in [0.25, 0.3) is 0 Å². The van der Waals surface area contributed by atoms with E-state index >= 15 is 0 Å². The predicted molar refractivity (Wildman–Crippen MR) is 73.6 cm³/mol. The molecule has 2 N–H and O–H groups in total. The predicted octanol–water partition coefficient (Wildman–Crippen LogP) is 2.59. The van der Waals surface area contributed by atoms with Crippen molar-refractivity contribution in [1.29, 1.82) is 0 Å². The lowest BCUT2D eigenvalue weighted by Crippen LogP contribution is -1.97. The van der Waals surface area contributed by atoms with E-state index in [-0.39, 0.29) is 0 Å². The zero-order valence-electron chi connectivity index (χ0n) is 11.3. The number of nitrogens with two attached hydrogens (primary N) is 1. The first kappa shape index (κ1) is 13.8. The smallest absolute Gasteiger partial charge is 0.130 e. The highest BCUT2D eigenvalue weighted by Gasteiger charge is 2.05. The normalized spacial score (nSPS) is 10.8. The summed E-state index contributed by atoms with van der Waals surface area (Å²) < 4.78 is 11.2. The van der Waals surface area contributed by atoms with Crippen LogP contribution >= 0.6 is 0 Å². The molecule has 19 heavy (non-hydrogen) atoms. The molecule has 0 saturated carbocycles. The van der Waals surface area contributed by atoms with E-state index in [0.29, 0.717) is 13.2 Å². The zero-order valence-corrected chi connectivity index (χ0v) is 11.3. The van der Waals surface area contributed by atoms with Crippen molar-refractivity contribution in [2.24, 2.45) is 5.73 Å². The molecule has 0 aliphatic carbocycles. The third-order valence-corrected chi connectivity index (χ3v) is 3.04. The van der Waals surface area contributed by atoms with Gasteiger partial charge >= 0.3 is 0 Å². The SMILES string of the molecule is Cc1oc(COCCCc2ccncc2)cc1CN. The lowest BCUT2D eigenvalue weighted by Gasteiger charge is -2.02. The number of rotatable bonds is 7. The Balaban J connectivity index is 1.66. The maximum absolute atomic E-state index is 5.60. The number of furan rings is 1. The minimum atomic E-state index is 0.511. The molecular weight excluding hydrogens is 240 g/mol.